The summed E-state index contributed by atoms with van der Waals surface area (Å²) in [5, 5.41) is 2.70. The van der Waals surface area contributed by atoms with E-state index in [4.69, 9.17) is 0 Å². The number of carbonyl (C=O) groups excluding carboxylic acids is 2. The Labute approximate surface area is 179 Å². The third kappa shape index (κ3) is 5.66. The summed E-state index contributed by atoms with van der Waals surface area (Å²) in [6, 6.07) is 14.8. The van der Waals surface area contributed by atoms with E-state index < -0.39 is 11.7 Å². The Morgan fingerprint density at radius 3 is 2.48 bits per heavy atom. The topological polar surface area (TPSA) is 49.4 Å². The Balaban J connectivity index is 1.44. The fraction of sp³-hybridized carbons (Fsp3) is 0.391. The van der Waals surface area contributed by atoms with Crippen molar-refractivity contribution in [3.63, 3.8) is 0 Å². The van der Waals surface area contributed by atoms with Crippen LogP contribution in [0.25, 0.3) is 0 Å². The molecule has 0 bridgehead atoms. The van der Waals surface area contributed by atoms with Crippen molar-refractivity contribution in [2.24, 2.45) is 0 Å². The number of benzene rings is 2. The van der Waals surface area contributed by atoms with Crippen LogP contribution >= 0.6 is 15.9 Å². The van der Waals surface area contributed by atoms with Crippen LogP contribution in [0.15, 0.2) is 53.0 Å². The number of halogens is 2. The molecule has 2 aromatic carbocycles. The van der Waals surface area contributed by atoms with E-state index in [1.807, 2.05) is 18.0 Å². The lowest BCUT2D eigenvalue weighted by Crippen LogP contribution is -2.40. The molecule has 2 amide bonds. The van der Waals surface area contributed by atoms with Crippen LogP contribution in [-0.4, -0.2) is 36.3 Å². The summed E-state index contributed by atoms with van der Waals surface area (Å²) in [7, 11) is 1.85. The minimum absolute atomic E-state index is 0.0202. The molecule has 154 valence electrons. The molecule has 0 saturated heterocycles. The van der Waals surface area contributed by atoms with Crippen molar-refractivity contribution in [3.05, 3.63) is 69.9 Å². The number of carbonyl (C=O) groups is 2. The van der Waals surface area contributed by atoms with Gasteiger partial charge in [0.05, 0.1) is 5.56 Å². The monoisotopic (exact) mass is 460 g/mol. The van der Waals surface area contributed by atoms with E-state index in [1.165, 1.54) is 23.8 Å². The van der Waals surface area contributed by atoms with Crippen molar-refractivity contribution in [1.82, 2.24) is 10.2 Å². The molecule has 1 saturated carbocycles. The molecule has 4 nitrogen and oxygen atoms in total. The van der Waals surface area contributed by atoms with E-state index >= 15 is 0 Å². The minimum atomic E-state index is -0.472. The first-order valence-electron chi connectivity index (χ1n) is 9.99. The highest BCUT2D eigenvalue weighted by molar-refractivity contribution is 9.10. The van der Waals surface area contributed by atoms with Gasteiger partial charge in [0.25, 0.3) is 5.91 Å². The van der Waals surface area contributed by atoms with Gasteiger partial charge in [0.15, 0.2) is 0 Å². The van der Waals surface area contributed by atoms with Gasteiger partial charge < -0.3 is 10.2 Å². The van der Waals surface area contributed by atoms with E-state index in [0.29, 0.717) is 10.4 Å². The smallest absolute Gasteiger partial charge is 0.252 e. The zero-order valence-electron chi connectivity index (χ0n) is 16.5. The molecule has 1 aliphatic carbocycles. The highest BCUT2D eigenvalue weighted by atomic mass is 79.9. The van der Waals surface area contributed by atoms with E-state index in [0.717, 1.165) is 25.7 Å². The van der Waals surface area contributed by atoms with Crippen LogP contribution in [0.2, 0.25) is 0 Å². The molecule has 6 heteroatoms. The highest BCUT2D eigenvalue weighted by Crippen LogP contribution is 2.34. The number of hydrogen-bond acceptors (Lipinski definition) is 2. The van der Waals surface area contributed by atoms with Gasteiger partial charge >= 0.3 is 0 Å². The summed E-state index contributed by atoms with van der Waals surface area (Å²) in [5.74, 6) is -0.276. The summed E-state index contributed by atoms with van der Waals surface area (Å²) in [6.07, 6.45) is 4.37. The van der Waals surface area contributed by atoms with E-state index in [1.54, 1.807) is 0 Å². The largest absolute Gasteiger partial charge is 0.351 e. The van der Waals surface area contributed by atoms with Crippen LogP contribution in [0.5, 0.6) is 0 Å². The average Bonchev–Trinajstić information content (AvgIpc) is 2.75. The summed E-state index contributed by atoms with van der Waals surface area (Å²) >= 11 is 3.25. The maximum absolute atomic E-state index is 13.3. The van der Waals surface area contributed by atoms with E-state index in [9.17, 15) is 14.0 Å². The van der Waals surface area contributed by atoms with Crippen molar-refractivity contribution in [2.75, 3.05) is 13.6 Å². The quantitative estimate of drug-likeness (QED) is 0.666. The molecule has 0 spiro atoms. The number of rotatable bonds is 6. The molecule has 0 radical (unpaired) electrons. The lowest BCUT2D eigenvalue weighted by atomic mass is 9.81. The Kier molecular flexibility index (Phi) is 7.42. The van der Waals surface area contributed by atoms with Gasteiger partial charge in [-0.25, -0.2) is 4.39 Å². The number of amides is 2. The van der Waals surface area contributed by atoms with Gasteiger partial charge in [-0.05, 0) is 71.3 Å². The molecule has 1 N–H and O–H groups in total. The number of nitrogens with one attached hydrogen (secondary N) is 1. The van der Waals surface area contributed by atoms with Crippen LogP contribution in [-0.2, 0) is 4.79 Å². The molecule has 0 atom stereocenters. The molecule has 0 heterocycles. The van der Waals surface area contributed by atoms with Gasteiger partial charge in [-0.1, -0.05) is 30.3 Å². The zero-order chi connectivity index (χ0) is 20.8. The first-order chi connectivity index (χ1) is 14.0. The van der Waals surface area contributed by atoms with Gasteiger partial charge in [-0.2, -0.15) is 0 Å². The minimum Gasteiger partial charge on any atom is -0.351 e. The summed E-state index contributed by atoms with van der Waals surface area (Å²) in [6.45, 7) is 0.227. The SMILES string of the molecule is CN(C(=O)CCNC(=O)c1cc(F)ccc1Br)C1CCC(c2ccccc2)CC1. The normalized spacial score (nSPS) is 18.9. The molecule has 1 fully saturated rings. The van der Waals surface area contributed by atoms with Gasteiger partial charge in [-0.3, -0.25) is 9.59 Å². The summed E-state index contributed by atoms with van der Waals surface area (Å²) in [5.41, 5.74) is 1.61. The Morgan fingerprint density at radius 1 is 1.10 bits per heavy atom. The van der Waals surface area contributed by atoms with Gasteiger partial charge in [0.1, 0.15) is 5.82 Å². The molecule has 2 aromatic rings. The van der Waals surface area contributed by atoms with Crippen LogP contribution in [0.4, 0.5) is 4.39 Å². The summed E-state index contributed by atoms with van der Waals surface area (Å²) in [4.78, 5) is 26.6. The molecular weight excluding hydrogens is 435 g/mol. The Bertz CT molecular complexity index is 851. The zero-order valence-corrected chi connectivity index (χ0v) is 18.1. The molecule has 0 aromatic heterocycles. The van der Waals surface area contributed by atoms with Gasteiger partial charge in [0.2, 0.25) is 5.91 Å². The Morgan fingerprint density at radius 2 is 1.79 bits per heavy atom. The van der Waals surface area contributed by atoms with Crippen molar-refractivity contribution in [2.45, 2.75) is 44.1 Å². The molecule has 0 unspecified atom stereocenters. The molecular formula is C23H26BrFN2O2. The standard InChI is InChI=1S/C23H26BrFN2O2/c1-27(19-10-7-17(8-11-19)16-5-3-2-4-6-16)22(28)13-14-26-23(29)20-15-18(25)9-12-21(20)24/h2-6,9,12,15,17,19H,7-8,10-11,13-14H2,1H3,(H,26,29). The lowest BCUT2D eigenvalue weighted by molar-refractivity contribution is -0.132. The predicted molar refractivity (Wildman–Crippen MR) is 115 cm³/mol. The van der Waals surface area contributed by atoms with Crippen molar-refractivity contribution in [3.8, 4) is 0 Å². The third-order valence-electron chi connectivity index (χ3n) is 5.71. The molecule has 29 heavy (non-hydrogen) atoms. The maximum Gasteiger partial charge on any atom is 0.252 e. The van der Waals surface area contributed by atoms with E-state index in [2.05, 4.69) is 45.5 Å². The first-order valence-corrected chi connectivity index (χ1v) is 10.8. The van der Waals surface area contributed by atoms with Crippen LogP contribution < -0.4 is 5.32 Å². The number of nitrogens with zero attached hydrogens (tertiary/aromatic N) is 1. The van der Waals surface area contributed by atoms with Crippen molar-refractivity contribution < 1.29 is 14.0 Å². The van der Waals surface area contributed by atoms with Crippen LogP contribution in [0.1, 0.15) is 53.9 Å². The van der Waals surface area contributed by atoms with Crippen LogP contribution in [0, 0.1) is 5.82 Å². The van der Waals surface area contributed by atoms with E-state index in [-0.39, 0.29) is 30.5 Å². The lowest BCUT2D eigenvalue weighted by Gasteiger charge is -2.35. The predicted octanol–water partition coefficient (Wildman–Crippen LogP) is 4.89. The second kappa shape index (κ2) is 10.0. The number of hydrogen-bond donors (Lipinski definition) is 1. The highest BCUT2D eigenvalue weighted by Gasteiger charge is 2.27. The molecule has 0 aliphatic heterocycles. The van der Waals surface area contributed by atoms with Crippen molar-refractivity contribution >= 4 is 27.7 Å². The summed E-state index contributed by atoms with van der Waals surface area (Å²) < 4.78 is 13.9. The van der Waals surface area contributed by atoms with Gasteiger partial charge in [0, 0.05) is 30.5 Å². The maximum atomic E-state index is 13.3. The van der Waals surface area contributed by atoms with Crippen molar-refractivity contribution in [1.29, 1.82) is 0 Å². The van der Waals surface area contributed by atoms with Gasteiger partial charge in [-0.15, -0.1) is 0 Å². The fourth-order valence-electron chi connectivity index (χ4n) is 3.95. The second-order valence-corrected chi connectivity index (χ2v) is 8.41. The molecule has 3 rings (SSSR count). The fourth-order valence-corrected chi connectivity index (χ4v) is 4.38. The first kappa shape index (κ1) is 21.5. The third-order valence-corrected chi connectivity index (χ3v) is 6.40. The Hall–Kier alpha value is -2.21. The van der Waals surface area contributed by atoms with Crippen LogP contribution in [0.3, 0.4) is 0 Å². The second-order valence-electron chi connectivity index (χ2n) is 7.55. The average molecular weight is 461 g/mol. The molecule has 1 aliphatic rings.